The Morgan fingerprint density at radius 3 is 2.57 bits per heavy atom. The molecule has 1 fully saturated rings. The minimum atomic E-state index is -0.570. The molecule has 1 N–H and O–H groups in total. The van der Waals surface area contributed by atoms with Gasteiger partial charge in [0.1, 0.15) is 4.75 Å². The highest BCUT2D eigenvalue weighted by molar-refractivity contribution is 8.01. The van der Waals surface area contributed by atoms with Gasteiger partial charge in [-0.3, -0.25) is 9.59 Å². The van der Waals surface area contributed by atoms with Crippen molar-refractivity contribution in [2.45, 2.75) is 28.9 Å². The van der Waals surface area contributed by atoms with E-state index in [9.17, 15) is 9.59 Å². The van der Waals surface area contributed by atoms with Crippen molar-refractivity contribution in [1.29, 1.82) is 0 Å². The van der Waals surface area contributed by atoms with Crippen LogP contribution in [0.5, 0.6) is 0 Å². The molecule has 1 saturated carbocycles. The number of carbonyl (C=O) groups is 2. The summed E-state index contributed by atoms with van der Waals surface area (Å²) >= 11 is 13.7. The Hall–Kier alpha value is -1.95. The smallest absolute Gasteiger partial charge is 0.322 e. The second-order valence-electron chi connectivity index (χ2n) is 6.83. The molecule has 0 radical (unpaired) electrons. The quantitative estimate of drug-likeness (QED) is 0.498. The van der Waals surface area contributed by atoms with Crippen LogP contribution in [0.4, 0.5) is 5.69 Å². The zero-order valence-corrected chi connectivity index (χ0v) is 17.4. The van der Waals surface area contributed by atoms with E-state index in [1.807, 2.05) is 24.3 Å². The van der Waals surface area contributed by atoms with Crippen molar-refractivity contribution >= 4 is 64.2 Å². The fraction of sp³-hybridized carbons (Fsp3) is 0.238. The average Bonchev–Trinajstić information content (AvgIpc) is 2.93. The summed E-state index contributed by atoms with van der Waals surface area (Å²) in [5.41, 5.74) is 2.80. The highest BCUT2D eigenvalue weighted by atomic mass is 35.5. The van der Waals surface area contributed by atoms with Crippen LogP contribution in [0, 0.1) is 0 Å². The normalized spacial score (nSPS) is 18.4. The van der Waals surface area contributed by atoms with E-state index in [-0.39, 0.29) is 11.9 Å². The van der Waals surface area contributed by atoms with Crippen LogP contribution in [0.2, 0.25) is 10.0 Å². The predicted molar refractivity (Wildman–Crippen MR) is 114 cm³/mol. The van der Waals surface area contributed by atoms with Crippen molar-refractivity contribution < 1.29 is 14.3 Å². The van der Waals surface area contributed by atoms with Gasteiger partial charge in [0.25, 0.3) is 5.91 Å². The van der Waals surface area contributed by atoms with Crippen LogP contribution in [0.15, 0.2) is 41.3 Å². The number of ether oxygens (including phenoxy) is 1. The Labute approximate surface area is 177 Å². The Morgan fingerprint density at radius 1 is 1.18 bits per heavy atom. The second-order valence-corrected chi connectivity index (χ2v) is 9.12. The molecule has 1 aliphatic carbocycles. The van der Waals surface area contributed by atoms with Crippen LogP contribution in [-0.2, 0) is 14.3 Å². The molecule has 0 unspecified atom stereocenters. The number of anilines is 1. The minimum absolute atomic E-state index is 0.195. The zero-order valence-electron chi connectivity index (χ0n) is 15.1. The van der Waals surface area contributed by atoms with Gasteiger partial charge < -0.3 is 10.1 Å². The lowest BCUT2D eigenvalue weighted by Crippen LogP contribution is -2.42. The number of carbonyl (C=O) groups excluding carboxylic acids is 2. The van der Waals surface area contributed by atoms with Crippen molar-refractivity contribution in [2.75, 3.05) is 12.4 Å². The Kier molecular flexibility index (Phi) is 5.17. The molecule has 1 heterocycles. The molecular weight excluding hydrogens is 417 g/mol. The van der Waals surface area contributed by atoms with E-state index >= 15 is 0 Å². The third-order valence-electron chi connectivity index (χ3n) is 5.06. The first-order valence-corrected chi connectivity index (χ1v) is 10.4. The highest BCUT2D eigenvalue weighted by Crippen LogP contribution is 2.50. The van der Waals surface area contributed by atoms with Gasteiger partial charge in [-0.25, -0.2) is 0 Å². The number of amides is 1. The molecule has 0 atom stereocenters. The molecule has 144 valence electrons. The lowest BCUT2D eigenvalue weighted by molar-refractivity contribution is -0.145. The molecule has 0 bridgehead atoms. The van der Waals surface area contributed by atoms with Gasteiger partial charge in [-0.1, -0.05) is 29.3 Å². The number of nitrogens with one attached hydrogen (secondary N) is 1. The van der Waals surface area contributed by atoms with Gasteiger partial charge in [0, 0.05) is 26.1 Å². The van der Waals surface area contributed by atoms with Crippen molar-refractivity contribution in [3.05, 3.63) is 57.6 Å². The van der Waals surface area contributed by atoms with Crippen LogP contribution < -0.4 is 5.32 Å². The molecular formula is C21H17Cl2NO3S. The molecule has 1 aliphatic heterocycles. The number of hydrogen-bond donors (Lipinski definition) is 1. The van der Waals surface area contributed by atoms with E-state index in [2.05, 4.69) is 5.32 Å². The topological polar surface area (TPSA) is 55.4 Å². The summed E-state index contributed by atoms with van der Waals surface area (Å²) in [6, 6.07) is 10.8. The lowest BCUT2D eigenvalue weighted by Gasteiger charge is -2.38. The Balaban J connectivity index is 1.75. The van der Waals surface area contributed by atoms with Crippen LogP contribution in [-0.4, -0.2) is 23.7 Å². The van der Waals surface area contributed by atoms with Crippen molar-refractivity contribution in [1.82, 2.24) is 0 Å². The van der Waals surface area contributed by atoms with E-state index in [4.69, 9.17) is 27.9 Å². The van der Waals surface area contributed by atoms with Gasteiger partial charge in [-0.15, -0.1) is 11.8 Å². The minimum Gasteiger partial charge on any atom is -0.468 e. The standard InChI is InChI=1S/C21H17Cl2NO3S/c1-27-20(26)21(7-2-8-21)28-18-6-4-13(22)9-12(18)10-16-15-5-3-14(23)11-17(15)24-19(16)25/h3-6,9-11H,2,7-8H2,1H3,(H,24,25)/b16-10+. The highest BCUT2D eigenvalue weighted by Gasteiger charge is 2.46. The van der Waals surface area contributed by atoms with Crippen LogP contribution >= 0.6 is 35.0 Å². The van der Waals surface area contributed by atoms with Crippen LogP contribution in [0.25, 0.3) is 11.6 Å². The lowest BCUT2D eigenvalue weighted by atomic mass is 9.84. The molecule has 2 aliphatic rings. The fourth-order valence-corrected chi connectivity index (χ4v) is 5.24. The number of esters is 1. The predicted octanol–water partition coefficient (Wildman–Crippen LogP) is 5.67. The third-order valence-corrected chi connectivity index (χ3v) is 7.09. The molecule has 2 aromatic carbocycles. The first-order chi connectivity index (χ1) is 13.4. The molecule has 0 spiro atoms. The number of hydrogen-bond acceptors (Lipinski definition) is 4. The summed E-state index contributed by atoms with van der Waals surface area (Å²) in [4.78, 5) is 25.7. The number of methoxy groups -OCH3 is 1. The number of thioether (sulfide) groups is 1. The maximum Gasteiger partial charge on any atom is 0.322 e. The molecule has 4 rings (SSSR count). The first-order valence-electron chi connectivity index (χ1n) is 8.82. The monoisotopic (exact) mass is 433 g/mol. The van der Waals surface area contributed by atoms with Gasteiger partial charge in [0.15, 0.2) is 0 Å². The van der Waals surface area contributed by atoms with Gasteiger partial charge in [-0.2, -0.15) is 0 Å². The maximum atomic E-state index is 12.5. The van der Waals surface area contributed by atoms with Gasteiger partial charge in [0.2, 0.25) is 0 Å². The van der Waals surface area contributed by atoms with Crippen molar-refractivity contribution in [3.63, 3.8) is 0 Å². The average molecular weight is 434 g/mol. The van der Waals surface area contributed by atoms with E-state index in [1.54, 1.807) is 18.2 Å². The number of fused-ring (bicyclic) bond motifs is 1. The molecule has 0 saturated heterocycles. The van der Waals surface area contributed by atoms with Crippen LogP contribution in [0.3, 0.4) is 0 Å². The summed E-state index contributed by atoms with van der Waals surface area (Å²) in [5.74, 6) is -0.407. The summed E-state index contributed by atoms with van der Waals surface area (Å²) in [6.07, 6.45) is 4.34. The molecule has 2 aromatic rings. The van der Waals surface area contributed by atoms with Gasteiger partial charge in [0.05, 0.1) is 12.8 Å². The van der Waals surface area contributed by atoms with Crippen molar-refractivity contribution in [2.24, 2.45) is 0 Å². The number of rotatable bonds is 4. The number of halogens is 2. The van der Waals surface area contributed by atoms with Gasteiger partial charge >= 0.3 is 5.97 Å². The molecule has 0 aromatic heterocycles. The number of benzene rings is 2. The fourth-order valence-electron chi connectivity index (χ4n) is 3.43. The largest absolute Gasteiger partial charge is 0.468 e. The summed E-state index contributed by atoms with van der Waals surface area (Å²) in [7, 11) is 1.42. The second kappa shape index (κ2) is 7.47. The van der Waals surface area contributed by atoms with E-state index in [0.717, 1.165) is 35.3 Å². The summed E-state index contributed by atoms with van der Waals surface area (Å²) in [6.45, 7) is 0. The van der Waals surface area contributed by atoms with E-state index in [0.29, 0.717) is 21.3 Å². The Bertz CT molecular complexity index is 1010. The molecule has 4 nitrogen and oxygen atoms in total. The molecule has 7 heteroatoms. The zero-order chi connectivity index (χ0) is 19.9. The van der Waals surface area contributed by atoms with E-state index in [1.165, 1.54) is 18.9 Å². The maximum absolute atomic E-state index is 12.5. The molecule has 1 amide bonds. The summed E-state index contributed by atoms with van der Waals surface area (Å²) < 4.78 is 4.45. The summed E-state index contributed by atoms with van der Waals surface area (Å²) in [5, 5.41) is 3.96. The Morgan fingerprint density at radius 2 is 1.89 bits per heavy atom. The van der Waals surface area contributed by atoms with E-state index < -0.39 is 4.75 Å². The first kappa shape index (κ1) is 19.4. The van der Waals surface area contributed by atoms with Crippen LogP contribution in [0.1, 0.15) is 30.4 Å². The van der Waals surface area contributed by atoms with Crippen molar-refractivity contribution in [3.8, 4) is 0 Å². The molecule has 28 heavy (non-hydrogen) atoms. The SMILES string of the molecule is COC(=O)C1(Sc2ccc(Cl)cc2/C=C2/C(=O)Nc3cc(Cl)ccc32)CCC1. The van der Waals surface area contributed by atoms with Gasteiger partial charge in [-0.05, 0) is 61.2 Å². The third kappa shape index (κ3) is 3.43.